The number of furan rings is 1. The quantitative estimate of drug-likeness (QED) is 0.591. The minimum Gasteiger partial charge on any atom is -0.450 e. The Hall–Kier alpha value is -2.73. The molecule has 0 fully saturated rings. The van der Waals surface area contributed by atoms with Crippen LogP contribution < -0.4 is 10.1 Å². The van der Waals surface area contributed by atoms with Crippen molar-refractivity contribution in [2.24, 2.45) is 0 Å². The first-order chi connectivity index (χ1) is 11.1. The number of pyridine rings is 1. The number of aromatic nitrogens is 1. The summed E-state index contributed by atoms with van der Waals surface area (Å²) in [7, 11) is 1.86. The Bertz CT molecular complexity index is 856. The molecule has 2 heterocycles. The molecule has 0 atom stereocenters. The lowest BCUT2D eigenvalue weighted by Gasteiger charge is -2.02. The van der Waals surface area contributed by atoms with E-state index in [2.05, 4.69) is 10.3 Å². The Balaban J connectivity index is 2.03. The zero-order chi connectivity index (χ0) is 16.4. The van der Waals surface area contributed by atoms with Crippen molar-refractivity contribution in [2.75, 3.05) is 7.05 Å². The highest BCUT2D eigenvalue weighted by molar-refractivity contribution is 5.88. The molecule has 0 saturated heterocycles. The average Bonchev–Trinajstić information content (AvgIpc) is 2.91. The van der Waals surface area contributed by atoms with Gasteiger partial charge in [0.1, 0.15) is 11.5 Å². The molecule has 1 aromatic carbocycles. The molecule has 0 aliphatic rings. The molecular weight excluding hydrogens is 299 g/mol. The van der Waals surface area contributed by atoms with Gasteiger partial charge in [-0.05, 0) is 30.8 Å². The second kappa shape index (κ2) is 6.18. The summed E-state index contributed by atoms with van der Waals surface area (Å²) in [5.74, 6) is -0.497. The fourth-order valence-corrected chi connectivity index (χ4v) is 2.32. The van der Waals surface area contributed by atoms with Gasteiger partial charge in [0, 0.05) is 31.1 Å². The van der Waals surface area contributed by atoms with E-state index in [-0.39, 0.29) is 5.75 Å². The molecule has 0 aliphatic carbocycles. The number of nitrogens with one attached hydrogen (secondary N) is 1. The molecule has 0 radical (unpaired) electrons. The van der Waals surface area contributed by atoms with Crippen LogP contribution in [-0.2, 0) is 11.3 Å². The van der Waals surface area contributed by atoms with Gasteiger partial charge in [-0.3, -0.25) is 9.78 Å². The van der Waals surface area contributed by atoms with E-state index in [0.717, 1.165) is 18.2 Å². The van der Waals surface area contributed by atoms with Gasteiger partial charge in [0.25, 0.3) is 0 Å². The van der Waals surface area contributed by atoms with Crippen molar-refractivity contribution in [2.45, 2.75) is 13.5 Å². The lowest BCUT2D eigenvalue weighted by molar-refractivity contribution is -0.131. The van der Waals surface area contributed by atoms with Crippen molar-refractivity contribution >= 4 is 16.9 Å². The minimum absolute atomic E-state index is 0.0607. The molecule has 0 saturated carbocycles. The van der Waals surface area contributed by atoms with Crippen molar-refractivity contribution in [1.29, 1.82) is 0 Å². The summed E-state index contributed by atoms with van der Waals surface area (Å²) < 4.78 is 24.4. The highest BCUT2D eigenvalue weighted by atomic mass is 19.1. The molecule has 1 N–H and O–H groups in total. The van der Waals surface area contributed by atoms with E-state index in [1.807, 2.05) is 19.2 Å². The van der Waals surface area contributed by atoms with Crippen LogP contribution in [0.1, 0.15) is 12.5 Å². The maximum absolute atomic E-state index is 13.6. The Labute approximate surface area is 132 Å². The van der Waals surface area contributed by atoms with Crippen molar-refractivity contribution in [3.05, 3.63) is 47.9 Å². The molecule has 23 heavy (non-hydrogen) atoms. The van der Waals surface area contributed by atoms with Gasteiger partial charge in [-0.1, -0.05) is 6.07 Å². The van der Waals surface area contributed by atoms with Gasteiger partial charge in [-0.25, -0.2) is 4.39 Å². The normalized spacial score (nSPS) is 10.9. The van der Waals surface area contributed by atoms with E-state index in [9.17, 15) is 9.18 Å². The summed E-state index contributed by atoms with van der Waals surface area (Å²) in [5, 5.41) is 3.55. The number of nitrogens with zero attached hydrogens (tertiary/aromatic N) is 1. The van der Waals surface area contributed by atoms with Crippen molar-refractivity contribution in [1.82, 2.24) is 10.3 Å². The summed E-state index contributed by atoms with van der Waals surface area (Å²) in [6, 6.07) is 7.88. The van der Waals surface area contributed by atoms with Gasteiger partial charge in [-0.15, -0.1) is 0 Å². The number of fused-ring (bicyclic) bond motifs is 1. The SMILES string of the molecule is CNCc1ccc(-c2cc3cc(F)cc(OC(C)=O)c3o2)nc1. The van der Waals surface area contributed by atoms with E-state index >= 15 is 0 Å². The molecule has 0 aliphatic heterocycles. The van der Waals surface area contributed by atoms with Crippen molar-refractivity contribution < 1.29 is 18.3 Å². The lowest BCUT2D eigenvalue weighted by atomic mass is 10.2. The zero-order valence-electron chi connectivity index (χ0n) is 12.7. The second-order valence-corrected chi connectivity index (χ2v) is 5.11. The van der Waals surface area contributed by atoms with Gasteiger partial charge in [-0.2, -0.15) is 0 Å². The smallest absolute Gasteiger partial charge is 0.308 e. The number of esters is 1. The molecule has 0 spiro atoms. The Kier molecular flexibility index (Phi) is 4.08. The summed E-state index contributed by atoms with van der Waals surface area (Å²) in [6.07, 6.45) is 1.74. The second-order valence-electron chi connectivity index (χ2n) is 5.11. The van der Waals surface area contributed by atoms with Gasteiger partial charge in [0.05, 0.1) is 0 Å². The highest BCUT2D eigenvalue weighted by Crippen LogP contribution is 2.34. The van der Waals surface area contributed by atoms with E-state index < -0.39 is 11.8 Å². The van der Waals surface area contributed by atoms with E-state index in [4.69, 9.17) is 9.15 Å². The van der Waals surface area contributed by atoms with Gasteiger partial charge < -0.3 is 14.5 Å². The van der Waals surface area contributed by atoms with Crippen LogP contribution >= 0.6 is 0 Å². The van der Waals surface area contributed by atoms with Crippen LogP contribution in [0.5, 0.6) is 5.75 Å². The molecular formula is C17H15FN2O3. The molecule has 5 nitrogen and oxygen atoms in total. The topological polar surface area (TPSA) is 64.4 Å². The van der Waals surface area contributed by atoms with Crippen LogP contribution in [0.2, 0.25) is 0 Å². The molecule has 118 valence electrons. The first-order valence-electron chi connectivity index (χ1n) is 7.08. The molecule has 0 bridgehead atoms. The fraction of sp³-hybridized carbons (Fsp3) is 0.176. The molecule has 3 rings (SSSR count). The largest absolute Gasteiger partial charge is 0.450 e. The predicted octanol–water partition coefficient (Wildman–Crippen LogP) is 3.28. The number of benzene rings is 1. The number of ether oxygens (including phenoxy) is 1. The fourth-order valence-electron chi connectivity index (χ4n) is 2.32. The summed E-state index contributed by atoms with van der Waals surface area (Å²) >= 11 is 0. The zero-order valence-corrected chi connectivity index (χ0v) is 12.7. The predicted molar refractivity (Wildman–Crippen MR) is 83.5 cm³/mol. The van der Waals surface area contributed by atoms with E-state index in [0.29, 0.717) is 22.4 Å². The van der Waals surface area contributed by atoms with Crippen molar-refractivity contribution in [3.8, 4) is 17.2 Å². The number of hydrogen-bond donors (Lipinski definition) is 1. The third kappa shape index (κ3) is 3.22. The number of rotatable bonds is 4. The standard InChI is InChI=1S/C17H15FN2O3/c1-10(21)22-16-7-13(18)5-12-6-15(23-17(12)16)14-4-3-11(8-19-2)9-20-14/h3-7,9,19H,8H2,1-2H3. The molecule has 0 unspecified atom stereocenters. The Morgan fingerprint density at radius 3 is 2.83 bits per heavy atom. The third-order valence-corrected chi connectivity index (χ3v) is 3.26. The Morgan fingerprint density at radius 2 is 2.17 bits per heavy atom. The number of carbonyl (C=O) groups excluding carboxylic acids is 1. The number of hydrogen-bond acceptors (Lipinski definition) is 5. The molecule has 6 heteroatoms. The Morgan fingerprint density at radius 1 is 1.35 bits per heavy atom. The summed E-state index contributed by atoms with van der Waals surface area (Å²) in [6.45, 7) is 1.97. The monoisotopic (exact) mass is 314 g/mol. The average molecular weight is 314 g/mol. The first kappa shape index (κ1) is 15.2. The van der Waals surface area contributed by atoms with Crippen LogP contribution in [-0.4, -0.2) is 18.0 Å². The molecule has 2 aromatic heterocycles. The van der Waals surface area contributed by atoms with Gasteiger partial charge in [0.15, 0.2) is 17.1 Å². The van der Waals surface area contributed by atoms with Gasteiger partial charge in [0.2, 0.25) is 0 Å². The van der Waals surface area contributed by atoms with Crippen molar-refractivity contribution in [3.63, 3.8) is 0 Å². The molecule has 0 amide bonds. The van der Waals surface area contributed by atoms with Gasteiger partial charge >= 0.3 is 5.97 Å². The maximum atomic E-state index is 13.6. The number of carbonyl (C=O) groups is 1. The minimum atomic E-state index is -0.538. The highest BCUT2D eigenvalue weighted by Gasteiger charge is 2.15. The summed E-state index contributed by atoms with van der Waals surface area (Å²) in [5.41, 5.74) is 1.98. The molecule has 3 aromatic rings. The van der Waals surface area contributed by atoms with E-state index in [1.165, 1.54) is 13.0 Å². The lowest BCUT2D eigenvalue weighted by Crippen LogP contribution is -2.05. The van der Waals surface area contributed by atoms with Crippen LogP contribution in [0.25, 0.3) is 22.4 Å². The van der Waals surface area contributed by atoms with Crippen LogP contribution in [0.3, 0.4) is 0 Å². The summed E-state index contributed by atoms with van der Waals surface area (Å²) in [4.78, 5) is 15.5. The first-order valence-corrected chi connectivity index (χ1v) is 7.08. The van der Waals surface area contributed by atoms with E-state index in [1.54, 1.807) is 12.3 Å². The van der Waals surface area contributed by atoms with Crippen LogP contribution in [0.15, 0.2) is 40.9 Å². The third-order valence-electron chi connectivity index (χ3n) is 3.26. The number of halogens is 1. The van der Waals surface area contributed by atoms with Crippen LogP contribution in [0, 0.1) is 5.82 Å². The maximum Gasteiger partial charge on any atom is 0.308 e. The van der Waals surface area contributed by atoms with Crippen LogP contribution in [0.4, 0.5) is 4.39 Å².